The van der Waals surface area contributed by atoms with Gasteiger partial charge in [-0.25, -0.2) is 8.42 Å². The van der Waals surface area contributed by atoms with Gasteiger partial charge < -0.3 is 0 Å². The van der Waals surface area contributed by atoms with E-state index in [4.69, 9.17) is 11.6 Å². The Balaban J connectivity index is 2.56. The Kier molecular flexibility index (Phi) is 3.64. The molecule has 2 nitrogen and oxygen atoms in total. The molecule has 0 saturated carbocycles. The SMILES string of the molecule is CCC(Cl)C(C)C1CCS(=O)(=O)C1. The van der Waals surface area contributed by atoms with Crippen molar-refractivity contribution < 1.29 is 8.42 Å². The van der Waals surface area contributed by atoms with Gasteiger partial charge in [0.2, 0.25) is 0 Å². The molecule has 1 aliphatic heterocycles. The zero-order chi connectivity index (χ0) is 10.1. The lowest BCUT2D eigenvalue weighted by Gasteiger charge is -2.21. The summed E-state index contributed by atoms with van der Waals surface area (Å²) in [5.41, 5.74) is 0. The van der Waals surface area contributed by atoms with E-state index in [1.807, 2.05) is 6.92 Å². The fraction of sp³-hybridized carbons (Fsp3) is 1.00. The van der Waals surface area contributed by atoms with E-state index in [1.165, 1.54) is 0 Å². The molecule has 78 valence electrons. The van der Waals surface area contributed by atoms with Gasteiger partial charge in [-0.15, -0.1) is 11.6 Å². The van der Waals surface area contributed by atoms with Gasteiger partial charge in [0, 0.05) is 5.38 Å². The largest absolute Gasteiger partial charge is 0.229 e. The number of hydrogen-bond donors (Lipinski definition) is 0. The molecule has 0 amide bonds. The monoisotopic (exact) mass is 224 g/mol. The van der Waals surface area contributed by atoms with Crippen molar-refractivity contribution in [2.24, 2.45) is 11.8 Å². The molecule has 4 heteroatoms. The van der Waals surface area contributed by atoms with E-state index in [2.05, 4.69) is 6.92 Å². The zero-order valence-electron chi connectivity index (χ0n) is 8.16. The van der Waals surface area contributed by atoms with Gasteiger partial charge >= 0.3 is 0 Å². The van der Waals surface area contributed by atoms with Crippen LogP contribution in [0.3, 0.4) is 0 Å². The van der Waals surface area contributed by atoms with E-state index >= 15 is 0 Å². The summed E-state index contributed by atoms with van der Waals surface area (Å²) in [6.07, 6.45) is 1.71. The Morgan fingerprint density at radius 2 is 2.15 bits per heavy atom. The molecule has 3 unspecified atom stereocenters. The first-order chi connectivity index (χ1) is 5.96. The van der Waals surface area contributed by atoms with Crippen molar-refractivity contribution in [2.45, 2.75) is 32.1 Å². The van der Waals surface area contributed by atoms with E-state index < -0.39 is 9.84 Å². The molecule has 0 radical (unpaired) electrons. The molecule has 0 spiro atoms. The molecule has 1 rings (SSSR count). The van der Waals surface area contributed by atoms with Crippen LogP contribution < -0.4 is 0 Å². The van der Waals surface area contributed by atoms with Crippen LogP contribution in [0.5, 0.6) is 0 Å². The Morgan fingerprint density at radius 1 is 1.54 bits per heavy atom. The summed E-state index contributed by atoms with van der Waals surface area (Å²) in [5, 5.41) is 0.123. The van der Waals surface area contributed by atoms with Crippen LogP contribution in [0.25, 0.3) is 0 Å². The van der Waals surface area contributed by atoms with Crippen molar-refractivity contribution >= 4 is 21.4 Å². The topological polar surface area (TPSA) is 34.1 Å². The third kappa shape index (κ3) is 2.84. The minimum atomic E-state index is -2.74. The summed E-state index contributed by atoms with van der Waals surface area (Å²) in [7, 11) is -2.74. The highest BCUT2D eigenvalue weighted by Crippen LogP contribution is 2.31. The van der Waals surface area contributed by atoms with Gasteiger partial charge in [0.05, 0.1) is 11.5 Å². The standard InChI is InChI=1S/C9H17ClO2S/c1-3-9(10)7(2)8-4-5-13(11,12)6-8/h7-9H,3-6H2,1-2H3. The molecule has 1 fully saturated rings. The zero-order valence-corrected chi connectivity index (χ0v) is 9.74. The number of hydrogen-bond acceptors (Lipinski definition) is 2. The molecule has 13 heavy (non-hydrogen) atoms. The maximum absolute atomic E-state index is 11.2. The normalized spacial score (nSPS) is 31.5. The molecule has 0 aromatic rings. The molecule has 1 heterocycles. The molecule has 0 aromatic heterocycles. The van der Waals surface area contributed by atoms with Gasteiger partial charge in [-0.05, 0) is 24.7 Å². The second-order valence-corrected chi connectivity index (χ2v) is 6.74. The lowest BCUT2D eigenvalue weighted by Crippen LogP contribution is -2.21. The Labute approximate surface area is 85.6 Å². The summed E-state index contributed by atoms with van der Waals surface area (Å²) in [5.74, 6) is 1.31. The van der Waals surface area contributed by atoms with Crippen LogP contribution in [-0.4, -0.2) is 25.3 Å². The van der Waals surface area contributed by atoms with Gasteiger partial charge in [-0.1, -0.05) is 13.8 Å². The minimum absolute atomic E-state index is 0.123. The number of alkyl halides is 1. The van der Waals surface area contributed by atoms with Crippen molar-refractivity contribution in [3.05, 3.63) is 0 Å². The first-order valence-electron chi connectivity index (χ1n) is 4.80. The van der Waals surface area contributed by atoms with Crippen LogP contribution in [0.15, 0.2) is 0 Å². The van der Waals surface area contributed by atoms with E-state index in [9.17, 15) is 8.42 Å². The summed E-state index contributed by atoms with van der Waals surface area (Å²) in [6.45, 7) is 4.10. The van der Waals surface area contributed by atoms with Crippen LogP contribution in [-0.2, 0) is 9.84 Å². The second kappa shape index (κ2) is 4.18. The van der Waals surface area contributed by atoms with Crippen LogP contribution in [0, 0.1) is 11.8 Å². The number of sulfone groups is 1. The number of rotatable bonds is 3. The molecule has 0 bridgehead atoms. The highest BCUT2D eigenvalue weighted by Gasteiger charge is 2.33. The lowest BCUT2D eigenvalue weighted by atomic mass is 9.89. The summed E-state index contributed by atoms with van der Waals surface area (Å²) in [6, 6.07) is 0. The first-order valence-corrected chi connectivity index (χ1v) is 7.06. The molecular formula is C9H17ClO2S. The molecule has 1 saturated heterocycles. The Morgan fingerprint density at radius 3 is 2.54 bits per heavy atom. The van der Waals surface area contributed by atoms with Crippen LogP contribution >= 0.6 is 11.6 Å². The summed E-state index contributed by atoms with van der Waals surface area (Å²) in [4.78, 5) is 0. The van der Waals surface area contributed by atoms with Gasteiger partial charge in [-0.3, -0.25) is 0 Å². The average molecular weight is 225 g/mol. The van der Waals surface area contributed by atoms with Gasteiger partial charge in [0.1, 0.15) is 0 Å². The van der Waals surface area contributed by atoms with Crippen molar-refractivity contribution in [1.29, 1.82) is 0 Å². The predicted molar refractivity (Wildman–Crippen MR) is 55.9 cm³/mol. The number of halogens is 1. The van der Waals surface area contributed by atoms with Gasteiger partial charge in [0.15, 0.2) is 9.84 Å². The van der Waals surface area contributed by atoms with E-state index in [1.54, 1.807) is 0 Å². The fourth-order valence-electron chi connectivity index (χ4n) is 1.91. The quantitative estimate of drug-likeness (QED) is 0.688. The van der Waals surface area contributed by atoms with Gasteiger partial charge in [-0.2, -0.15) is 0 Å². The van der Waals surface area contributed by atoms with Crippen molar-refractivity contribution in [2.75, 3.05) is 11.5 Å². The molecule has 3 atom stereocenters. The second-order valence-electron chi connectivity index (χ2n) is 3.95. The van der Waals surface area contributed by atoms with E-state index in [0.29, 0.717) is 17.4 Å². The summed E-state index contributed by atoms with van der Waals surface area (Å²) < 4.78 is 22.4. The third-order valence-electron chi connectivity index (χ3n) is 2.97. The third-order valence-corrected chi connectivity index (χ3v) is 5.47. The molecule has 0 aliphatic carbocycles. The fourth-order valence-corrected chi connectivity index (χ4v) is 4.06. The van der Waals surface area contributed by atoms with Crippen molar-refractivity contribution in [1.82, 2.24) is 0 Å². The Hall–Kier alpha value is 0.240. The highest BCUT2D eigenvalue weighted by atomic mass is 35.5. The predicted octanol–water partition coefficient (Wildman–Crippen LogP) is 2.07. The lowest BCUT2D eigenvalue weighted by molar-refractivity contribution is 0.374. The van der Waals surface area contributed by atoms with Gasteiger partial charge in [0.25, 0.3) is 0 Å². The minimum Gasteiger partial charge on any atom is -0.229 e. The van der Waals surface area contributed by atoms with E-state index in [-0.39, 0.29) is 11.3 Å². The molecular weight excluding hydrogens is 208 g/mol. The van der Waals surface area contributed by atoms with Crippen LogP contribution in [0.2, 0.25) is 0 Å². The van der Waals surface area contributed by atoms with Crippen molar-refractivity contribution in [3.8, 4) is 0 Å². The highest BCUT2D eigenvalue weighted by molar-refractivity contribution is 7.91. The maximum atomic E-state index is 11.2. The molecule has 0 N–H and O–H groups in total. The average Bonchev–Trinajstić information content (AvgIpc) is 2.43. The Bertz CT molecular complexity index is 261. The van der Waals surface area contributed by atoms with Crippen molar-refractivity contribution in [3.63, 3.8) is 0 Å². The smallest absolute Gasteiger partial charge is 0.150 e. The van der Waals surface area contributed by atoms with E-state index in [0.717, 1.165) is 12.8 Å². The van der Waals surface area contributed by atoms with Crippen LogP contribution in [0.1, 0.15) is 26.7 Å². The molecule has 1 aliphatic rings. The maximum Gasteiger partial charge on any atom is 0.150 e. The molecule has 0 aromatic carbocycles. The van der Waals surface area contributed by atoms with Crippen LogP contribution in [0.4, 0.5) is 0 Å². The summed E-state index contributed by atoms with van der Waals surface area (Å²) >= 11 is 6.09. The first kappa shape index (κ1) is 11.3.